The van der Waals surface area contributed by atoms with Crippen molar-refractivity contribution < 1.29 is 4.74 Å². The van der Waals surface area contributed by atoms with E-state index in [1.165, 1.54) is 0 Å². The number of benzene rings is 1. The molecular weight excluding hydrogens is 419 g/mol. The molecule has 5 nitrogen and oxygen atoms in total. The zero-order valence-electron chi connectivity index (χ0n) is 17.2. The summed E-state index contributed by atoms with van der Waals surface area (Å²) in [5.74, 6) is 2.51. The quantitative estimate of drug-likeness (QED) is 0.381. The van der Waals surface area contributed by atoms with Gasteiger partial charge in [0, 0.05) is 23.8 Å². The van der Waals surface area contributed by atoms with Gasteiger partial charge in [-0.1, -0.05) is 56.0 Å². The smallest absolute Gasteiger partial charge is 0.219 e. The normalized spacial score (nSPS) is 11.0. The van der Waals surface area contributed by atoms with E-state index >= 15 is 0 Å². The second-order valence-corrected chi connectivity index (χ2v) is 7.92. The molecule has 158 valence electrons. The van der Waals surface area contributed by atoms with Crippen LogP contribution < -0.4 is 10.1 Å². The number of hydrogen-bond donors (Lipinski definition) is 1. The van der Waals surface area contributed by atoms with Crippen LogP contribution in [0, 0.1) is 5.92 Å². The third-order valence-electron chi connectivity index (χ3n) is 5.04. The van der Waals surface area contributed by atoms with Crippen molar-refractivity contribution in [3.8, 4) is 11.6 Å². The lowest BCUT2D eigenvalue weighted by atomic mass is 9.97. The zero-order chi connectivity index (χ0) is 21.3. The molecule has 7 heteroatoms. The molecule has 0 aliphatic rings. The molecule has 0 saturated heterocycles. The SMILES string of the molecule is CCC(CC)Cc1ncnc(NCCc2ccc(Oc3ccc(Cl)cc3)nc2)c1Cl. The van der Waals surface area contributed by atoms with E-state index in [9.17, 15) is 0 Å². The Morgan fingerprint density at radius 3 is 2.40 bits per heavy atom. The monoisotopic (exact) mass is 444 g/mol. The highest BCUT2D eigenvalue weighted by Crippen LogP contribution is 2.26. The topological polar surface area (TPSA) is 59.9 Å². The molecular formula is C23H26Cl2N4O. The van der Waals surface area contributed by atoms with Gasteiger partial charge in [-0.2, -0.15) is 0 Å². The first-order chi connectivity index (χ1) is 14.6. The van der Waals surface area contributed by atoms with Gasteiger partial charge in [0.25, 0.3) is 0 Å². The van der Waals surface area contributed by atoms with Gasteiger partial charge in [0.05, 0.1) is 5.69 Å². The number of aromatic nitrogens is 3. The Morgan fingerprint density at radius 2 is 1.73 bits per heavy atom. The number of halogens is 2. The van der Waals surface area contributed by atoms with Crippen molar-refractivity contribution in [3.05, 3.63) is 70.2 Å². The molecule has 2 aromatic heterocycles. The third kappa shape index (κ3) is 6.31. The van der Waals surface area contributed by atoms with Gasteiger partial charge in [-0.25, -0.2) is 15.0 Å². The van der Waals surface area contributed by atoms with Gasteiger partial charge in [0.15, 0.2) is 0 Å². The van der Waals surface area contributed by atoms with Crippen LogP contribution in [0.4, 0.5) is 5.82 Å². The van der Waals surface area contributed by atoms with Crippen molar-refractivity contribution in [3.63, 3.8) is 0 Å². The first-order valence-corrected chi connectivity index (χ1v) is 11.0. The Kier molecular flexibility index (Phi) is 8.29. The van der Waals surface area contributed by atoms with E-state index in [-0.39, 0.29) is 0 Å². The first-order valence-electron chi connectivity index (χ1n) is 10.2. The lowest BCUT2D eigenvalue weighted by Crippen LogP contribution is -2.10. The molecule has 3 aromatic rings. The Hall–Kier alpha value is -2.37. The number of rotatable bonds is 10. The van der Waals surface area contributed by atoms with Crippen molar-refractivity contribution >= 4 is 29.0 Å². The van der Waals surface area contributed by atoms with Crippen LogP contribution in [-0.4, -0.2) is 21.5 Å². The number of hydrogen-bond acceptors (Lipinski definition) is 5. The molecule has 0 saturated carbocycles. The van der Waals surface area contributed by atoms with Crippen LogP contribution in [-0.2, 0) is 12.8 Å². The van der Waals surface area contributed by atoms with Crippen molar-refractivity contribution in [1.82, 2.24) is 15.0 Å². The van der Waals surface area contributed by atoms with Gasteiger partial charge < -0.3 is 10.1 Å². The Morgan fingerprint density at radius 1 is 0.967 bits per heavy atom. The van der Waals surface area contributed by atoms with Gasteiger partial charge in [-0.3, -0.25) is 0 Å². The average molecular weight is 445 g/mol. The molecule has 0 unspecified atom stereocenters. The second-order valence-electron chi connectivity index (χ2n) is 7.11. The van der Waals surface area contributed by atoms with Crippen LogP contribution in [0.3, 0.4) is 0 Å². The van der Waals surface area contributed by atoms with E-state index in [0.29, 0.717) is 40.0 Å². The van der Waals surface area contributed by atoms with Gasteiger partial charge in [0.1, 0.15) is 22.9 Å². The summed E-state index contributed by atoms with van der Waals surface area (Å²) in [6.45, 7) is 5.09. The number of nitrogens with zero attached hydrogens (tertiary/aromatic N) is 3. The Labute approximate surface area is 187 Å². The molecule has 0 aliphatic heterocycles. The summed E-state index contributed by atoms with van der Waals surface area (Å²) in [5, 5.41) is 4.61. The lowest BCUT2D eigenvalue weighted by Gasteiger charge is -2.14. The number of nitrogens with one attached hydrogen (secondary N) is 1. The highest BCUT2D eigenvalue weighted by atomic mass is 35.5. The van der Waals surface area contributed by atoms with Crippen molar-refractivity contribution in [2.24, 2.45) is 5.92 Å². The van der Waals surface area contributed by atoms with Crippen molar-refractivity contribution in [2.45, 2.75) is 39.5 Å². The second kappa shape index (κ2) is 11.1. The van der Waals surface area contributed by atoms with E-state index < -0.39 is 0 Å². The number of pyridine rings is 1. The molecule has 1 aromatic carbocycles. The fourth-order valence-corrected chi connectivity index (χ4v) is 3.46. The van der Waals surface area contributed by atoms with E-state index in [1.807, 2.05) is 30.5 Å². The van der Waals surface area contributed by atoms with Crippen molar-refractivity contribution in [1.29, 1.82) is 0 Å². The highest BCUT2D eigenvalue weighted by Gasteiger charge is 2.13. The maximum atomic E-state index is 6.53. The molecule has 1 N–H and O–H groups in total. The molecule has 0 fully saturated rings. The minimum absolute atomic E-state index is 0.541. The lowest BCUT2D eigenvalue weighted by molar-refractivity contribution is 0.462. The van der Waals surface area contributed by atoms with Gasteiger partial charge >= 0.3 is 0 Å². The fraction of sp³-hybridized carbons (Fsp3) is 0.348. The summed E-state index contributed by atoms with van der Waals surface area (Å²) in [4.78, 5) is 13.0. The summed E-state index contributed by atoms with van der Waals surface area (Å²) in [5.41, 5.74) is 2.00. The maximum Gasteiger partial charge on any atom is 0.219 e. The standard InChI is InChI=1S/C23H26Cl2N4O/c1-3-16(4-2)13-20-22(25)23(29-15-28-20)26-12-11-17-5-10-21(27-14-17)30-19-8-6-18(24)7-9-19/h5-10,14-16H,3-4,11-13H2,1-2H3,(H,26,28,29). The largest absolute Gasteiger partial charge is 0.439 e. The van der Waals surface area contributed by atoms with E-state index in [0.717, 1.165) is 36.9 Å². The Bertz CT molecular complexity index is 929. The van der Waals surface area contributed by atoms with E-state index in [1.54, 1.807) is 18.5 Å². The molecule has 0 aliphatic carbocycles. The molecule has 0 bridgehead atoms. The van der Waals surface area contributed by atoms with Crippen LogP contribution in [0.15, 0.2) is 48.9 Å². The van der Waals surface area contributed by atoms with E-state index in [4.69, 9.17) is 27.9 Å². The van der Waals surface area contributed by atoms with Crippen LogP contribution in [0.5, 0.6) is 11.6 Å². The summed E-state index contributed by atoms with van der Waals surface area (Å²) in [6.07, 6.45) is 7.29. The zero-order valence-corrected chi connectivity index (χ0v) is 18.7. The maximum absolute atomic E-state index is 6.53. The van der Waals surface area contributed by atoms with Gasteiger partial charge in [0.2, 0.25) is 5.88 Å². The predicted octanol–water partition coefficient (Wildman–Crippen LogP) is 6.60. The minimum atomic E-state index is 0.541. The summed E-state index contributed by atoms with van der Waals surface area (Å²) >= 11 is 12.4. The van der Waals surface area contributed by atoms with Crippen LogP contribution >= 0.6 is 23.2 Å². The van der Waals surface area contributed by atoms with Crippen molar-refractivity contribution in [2.75, 3.05) is 11.9 Å². The van der Waals surface area contributed by atoms with Gasteiger partial charge in [-0.15, -0.1) is 0 Å². The summed E-state index contributed by atoms with van der Waals surface area (Å²) in [6, 6.07) is 11.0. The molecule has 3 rings (SSSR count). The number of anilines is 1. The molecule has 0 amide bonds. The molecule has 0 radical (unpaired) electrons. The molecule has 0 spiro atoms. The predicted molar refractivity (Wildman–Crippen MR) is 123 cm³/mol. The average Bonchev–Trinajstić information content (AvgIpc) is 2.77. The summed E-state index contributed by atoms with van der Waals surface area (Å²) < 4.78 is 5.72. The van der Waals surface area contributed by atoms with Crippen LogP contribution in [0.1, 0.15) is 37.9 Å². The Balaban J connectivity index is 1.53. The highest BCUT2D eigenvalue weighted by molar-refractivity contribution is 6.33. The number of ether oxygens (including phenoxy) is 1. The fourth-order valence-electron chi connectivity index (χ4n) is 3.09. The van der Waals surface area contributed by atoms with Crippen LogP contribution in [0.2, 0.25) is 10.0 Å². The summed E-state index contributed by atoms with van der Waals surface area (Å²) in [7, 11) is 0. The first kappa shape index (κ1) is 22.3. The molecule has 30 heavy (non-hydrogen) atoms. The minimum Gasteiger partial charge on any atom is -0.439 e. The van der Waals surface area contributed by atoms with E-state index in [2.05, 4.69) is 34.1 Å². The third-order valence-corrected chi connectivity index (χ3v) is 5.69. The molecule has 2 heterocycles. The van der Waals surface area contributed by atoms with Crippen LogP contribution in [0.25, 0.3) is 0 Å². The molecule has 0 atom stereocenters. The van der Waals surface area contributed by atoms with Gasteiger partial charge in [-0.05, 0) is 48.6 Å².